The molecule has 0 aliphatic carbocycles. The summed E-state index contributed by atoms with van der Waals surface area (Å²) in [5.74, 6) is 0. The molecule has 6 heavy (non-hydrogen) atoms. The maximum Gasteiger partial charge on any atom is -1.00 e. The van der Waals surface area contributed by atoms with Crippen LogP contribution in [0.3, 0.4) is 0 Å². The van der Waals surface area contributed by atoms with E-state index in [4.69, 9.17) is 11.5 Å². The van der Waals surface area contributed by atoms with E-state index >= 15 is 0 Å². The Morgan fingerprint density at radius 1 is 1.83 bits per heavy atom. The van der Waals surface area contributed by atoms with Crippen LogP contribution in [0.2, 0.25) is 0 Å². The molecular formula is C3H13GeN2-. The predicted octanol–water partition coefficient (Wildman–Crippen LogP) is -1.55. The average molecular weight is 150 g/mol. The molecule has 0 saturated heterocycles. The van der Waals surface area contributed by atoms with Crippen molar-refractivity contribution >= 4 is 16.5 Å². The number of nitrogens with two attached hydrogens (primary N) is 2. The maximum atomic E-state index is 5.40. The van der Waals surface area contributed by atoms with E-state index in [1.807, 2.05) is 6.92 Å². The molecule has 0 aliphatic heterocycles. The Kier molecular flexibility index (Phi) is 2.10. The molecule has 0 fully saturated rings. The van der Waals surface area contributed by atoms with Crippen LogP contribution < -0.4 is 11.5 Å². The van der Waals surface area contributed by atoms with Gasteiger partial charge in [-0.1, -0.05) is 0 Å². The van der Waals surface area contributed by atoms with Crippen LogP contribution in [-0.2, 0) is 0 Å². The minimum absolute atomic E-state index is 0. The second-order valence-electron chi connectivity index (χ2n) is 1.86. The average Bonchev–Trinajstić information content (AvgIpc) is 1.35. The van der Waals surface area contributed by atoms with E-state index in [9.17, 15) is 0 Å². The van der Waals surface area contributed by atoms with Gasteiger partial charge in [0.05, 0.1) is 0 Å². The van der Waals surface area contributed by atoms with Crippen molar-refractivity contribution in [3.8, 4) is 0 Å². The zero-order valence-corrected chi connectivity index (χ0v) is 8.56. The van der Waals surface area contributed by atoms with Gasteiger partial charge in [-0.25, -0.2) is 0 Å². The normalized spacial score (nSPS) is 12.5. The smallest absolute Gasteiger partial charge is 1.00 e. The first kappa shape index (κ1) is 6.46. The zero-order chi connectivity index (χ0) is 5.21. The van der Waals surface area contributed by atoms with E-state index in [0.29, 0.717) is 16.5 Å². The molecule has 0 aliphatic rings. The van der Waals surface area contributed by atoms with E-state index in [0.717, 1.165) is 6.42 Å². The second kappa shape index (κ2) is 1.95. The predicted molar refractivity (Wildman–Crippen MR) is 32.4 cm³/mol. The molecule has 0 saturated carbocycles. The topological polar surface area (TPSA) is 52.0 Å². The first-order chi connectivity index (χ1) is 2.56. The molecule has 0 amide bonds. The van der Waals surface area contributed by atoms with Gasteiger partial charge < -0.3 is 1.43 Å². The third kappa shape index (κ3) is 4.46. The molecule has 0 spiro atoms. The molecule has 0 bridgehead atoms. The van der Waals surface area contributed by atoms with Crippen LogP contribution in [0.15, 0.2) is 0 Å². The van der Waals surface area contributed by atoms with Crippen LogP contribution in [0.5, 0.6) is 0 Å². The van der Waals surface area contributed by atoms with Crippen molar-refractivity contribution in [3.63, 3.8) is 0 Å². The van der Waals surface area contributed by atoms with Crippen molar-refractivity contribution in [2.45, 2.75) is 17.8 Å². The Bertz CT molecular complexity index is 42.7. The fraction of sp³-hybridized carbons (Fsp3) is 1.00. The minimum Gasteiger partial charge on any atom is -1.00 e. The van der Waals surface area contributed by atoms with Crippen LogP contribution in [-0.4, -0.2) is 21.0 Å². The third-order valence-electron chi connectivity index (χ3n) is 0.762. The van der Waals surface area contributed by atoms with E-state index in [-0.39, 0.29) is 5.92 Å². The molecule has 0 atom stereocenters. The van der Waals surface area contributed by atoms with Crippen molar-refractivity contribution in [2.24, 2.45) is 11.5 Å². The molecular weight excluding hydrogens is 137 g/mol. The van der Waals surface area contributed by atoms with E-state index in [1.165, 1.54) is 0 Å². The number of rotatable bonds is 1. The first-order valence-corrected chi connectivity index (χ1v) is 4.24. The number of hydrogen-bond donors (Lipinski definition) is 2. The monoisotopic (exact) mass is 151 g/mol. The summed E-state index contributed by atoms with van der Waals surface area (Å²) in [5.41, 5.74) is 10.8. The Labute approximate surface area is 48.0 Å². The van der Waals surface area contributed by atoms with E-state index in [2.05, 4.69) is 0 Å². The summed E-state index contributed by atoms with van der Waals surface area (Å²) in [6.07, 6.45) is 0.910. The SMILES string of the molecule is CC[C](N)(N)[GeH3].[H-]. The van der Waals surface area contributed by atoms with E-state index < -0.39 is 0 Å². The molecule has 0 radical (unpaired) electrons. The fourth-order valence-corrected chi connectivity index (χ4v) is 0. The standard InChI is InChI=1S/C3H12GeN2.H/c1-2-3(4,5)6;/h2,5-6H2,1,4H3;/q;-1. The molecule has 0 aromatic carbocycles. The van der Waals surface area contributed by atoms with E-state index in [1.54, 1.807) is 0 Å². The Morgan fingerprint density at radius 3 is 2.00 bits per heavy atom. The molecule has 0 heterocycles. The molecule has 0 aromatic heterocycles. The van der Waals surface area contributed by atoms with Gasteiger partial charge >= 0.3 is 45.8 Å². The largest absolute Gasteiger partial charge is 1.00 e. The van der Waals surface area contributed by atoms with Crippen molar-refractivity contribution in [3.05, 3.63) is 0 Å². The Balaban J connectivity index is 0. The summed E-state index contributed by atoms with van der Waals surface area (Å²) in [6, 6.07) is 0. The van der Waals surface area contributed by atoms with Crippen LogP contribution in [0.1, 0.15) is 14.8 Å². The summed E-state index contributed by atoms with van der Waals surface area (Å²) >= 11 is 0.564. The summed E-state index contributed by atoms with van der Waals surface area (Å²) in [5, 5.41) is 0. The van der Waals surface area contributed by atoms with Gasteiger partial charge in [-0.15, -0.1) is 0 Å². The van der Waals surface area contributed by atoms with Crippen LogP contribution in [0.4, 0.5) is 0 Å². The molecule has 0 aromatic rings. The van der Waals surface area contributed by atoms with Gasteiger partial charge in [-0.05, 0) is 0 Å². The van der Waals surface area contributed by atoms with Crippen molar-refractivity contribution in [1.29, 1.82) is 0 Å². The summed E-state index contributed by atoms with van der Waals surface area (Å²) in [6.45, 7) is 2.01. The first-order valence-electron chi connectivity index (χ1n) is 2.14. The molecule has 4 N–H and O–H groups in total. The molecule has 3 heteroatoms. The Morgan fingerprint density at radius 2 is 2.00 bits per heavy atom. The Hall–Kier alpha value is 0.463. The molecule has 2 nitrogen and oxygen atoms in total. The van der Waals surface area contributed by atoms with Gasteiger partial charge in [-0.2, -0.15) is 0 Å². The quantitative estimate of drug-likeness (QED) is 0.350. The summed E-state index contributed by atoms with van der Waals surface area (Å²) in [4.78, 5) is 0. The second-order valence-corrected chi connectivity index (χ2v) is 5.77. The van der Waals surface area contributed by atoms with Crippen LogP contribution >= 0.6 is 0 Å². The van der Waals surface area contributed by atoms with Gasteiger partial charge in [-0.3, -0.25) is 0 Å². The van der Waals surface area contributed by atoms with Crippen LogP contribution in [0.25, 0.3) is 0 Å². The van der Waals surface area contributed by atoms with Gasteiger partial charge in [0.15, 0.2) is 0 Å². The molecule has 0 unspecified atom stereocenters. The van der Waals surface area contributed by atoms with Crippen molar-refractivity contribution in [2.75, 3.05) is 0 Å². The van der Waals surface area contributed by atoms with Gasteiger partial charge in [0.25, 0.3) is 0 Å². The molecule has 40 valence electrons. The zero-order valence-electron chi connectivity index (χ0n) is 5.36. The van der Waals surface area contributed by atoms with Crippen LogP contribution in [0, 0.1) is 0 Å². The van der Waals surface area contributed by atoms with Crippen molar-refractivity contribution in [1.82, 2.24) is 0 Å². The van der Waals surface area contributed by atoms with Crippen molar-refractivity contribution < 1.29 is 1.43 Å². The van der Waals surface area contributed by atoms with Gasteiger partial charge in [0, 0.05) is 0 Å². The molecule has 0 rings (SSSR count). The number of hydrogen-bond acceptors (Lipinski definition) is 2. The van der Waals surface area contributed by atoms with Gasteiger partial charge in [0.1, 0.15) is 0 Å². The summed E-state index contributed by atoms with van der Waals surface area (Å²) < 4.78 is -0.271. The van der Waals surface area contributed by atoms with Gasteiger partial charge in [0.2, 0.25) is 0 Å². The fourth-order valence-electron chi connectivity index (χ4n) is 0. The third-order valence-corrected chi connectivity index (χ3v) is 2.25. The minimum atomic E-state index is -0.271. The summed E-state index contributed by atoms with van der Waals surface area (Å²) in [7, 11) is 0. The maximum absolute atomic E-state index is 5.40.